The summed E-state index contributed by atoms with van der Waals surface area (Å²) in [5.74, 6) is -0.669. The smallest absolute Gasteiger partial charge is 0.243 e. The molecule has 35 heavy (non-hydrogen) atoms. The van der Waals surface area contributed by atoms with Crippen LogP contribution in [-0.2, 0) is 29.0 Å². The Kier molecular flexibility index (Phi) is 9.70. The standard InChI is InChI=1S/C28H29Cl2FN2O2/c1-19(2)17-32-28(35)26(15-20-7-4-3-5-8-20)33(18-21-11-13-22(31)14-12-21)27(34)16-23-24(29)9-6-10-25(23)30/h3-14,19,26H,15-18H2,1-2H3,(H,32,35)/t26-/m0/s1. The molecule has 1 atom stereocenters. The third-order valence-electron chi connectivity index (χ3n) is 5.61. The number of rotatable bonds is 10. The molecular weight excluding hydrogens is 486 g/mol. The first-order valence-corrected chi connectivity index (χ1v) is 12.3. The molecular formula is C28H29Cl2FN2O2. The van der Waals surface area contributed by atoms with E-state index >= 15 is 0 Å². The van der Waals surface area contributed by atoms with Gasteiger partial charge in [-0.1, -0.05) is 85.6 Å². The van der Waals surface area contributed by atoms with E-state index in [1.807, 2.05) is 44.2 Å². The summed E-state index contributed by atoms with van der Waals surface area (Å²) in [6, 6.07) is 19.7. The fourth-order valence-corrected chi connectivity index (χ4v) is 4.25. The SMILES string of the molecule is CC(C)CNC(=O)[C@H](Cc1ccccc1)N(Cc1ccc(F)cc1)C(=O)Cc1c(Cl)cccc1Cl. The van der Waals surface area contributed by atoms with E-state index in [-0.39, 0.29) is 36.5 Å². The van der Waals surface area contributed by atoms with E-state index in [1.165, 1.54) is 17.0 Å². The van der Waals surface area contributed by atoms with Crippen molar-refractivity contribution in [3.05, 3.63) is 105 Å². The second-order valence-corrected chi connectivity index (χ2v) is 9.68. The Morgan fingerprint density at radius 1 is 0.886 bits per heavy atom. The molecule has 0 saturated carbocycles. The maximum absolute atomic E-state index is 13.7. The Morgan fingerprint density at radius 2 is 1.51 bits per heavy atom. The summed E-state index contributed by atoms with van der Waals surface area (Å²) < 4.78 is 13.5. The molecule has 0 unspecified atom stereocenters. The minimum absolute atomic E-state index is 0.0670. The fourth-order valence-electron chi connectivity index (χ4n) is 3.72. The highest BCUT2D eigenvalue weighted by molar-refractivity contribution is 6.36. The molecule has 0 heterocycles. The van der Waals surface area contributed by atoms with Crippen molar-refractivity contribution in [2.45, 2.75) is 39.3 Å². The topological polar surface area (TPSA) is 49.4 Å². The number of hydrogen-bond donors (Lipinski definition) is 1. The van der Waals surface area contributed by atoms with Crippen molar-refractivity contribution in [1.82, 2.24) is 10.2 Å². The molecule has 0 bridgehead atoms. The van der Waals surface area contributed by atoms with Gasteiger partial charge in [0.1, 0.15) is 11.9 Å². The van der Waals surface area contributed by atoms with Crippen LogP contribution in [0.4, 0.5) is 4.39 Å². The quantitative estimate of drug-likeness (QED) is 0.356. The van der Waals surface area contributed by atoms with Crippen molar-refractivity contribution in [3.63, 3.8) is 0 Å². The van der Waals surface area contributed by atoms with Crippen LogP contribution in [0.15, 0.2) is 72.8 Å². The highest BCUT2D eigenvalue weighted by atomic mass is 35.5. The second kappa shape index (κ2) is 12.7. The van der Waals surface area contributed by atoms with Crippen LogP contribution in [0.25, 0.3) is 0 Å². The van der Waals surface area contributed by atoms with Crippen LogP contribution in [0.1, 0.15) is 30.5 Å². The number of nitrogens with zero attached hydrogens (tertiary/aromatic N) is 1. The lowest BCUT2D eigenvalue weighted by atomic mass is 10.0. The van der Waals surface area contributed by atoms with Crippen LogP contribution in [0.2, 0.25) is 10.0 Å². The van der Waals surface area contributed by atoms with Crippen molar-refractivity contribution in [3.8, 4) is 0 Å². The lowest BCUT2D eigenvalue weighted by Gasteiger charge is -2.32. The summed E-state index contributed by atoms with van der Waals surface area (Å²) in [6.45, 7) is 4.63. The summed E-state index contributed by atoms with van der Waals surface area (Å²) in [5.41, 5.74) is 2.13. The average Bonchev–Trinajstić information content (AvgIpc) is 2.84. The number of amides is 2. The van der Waals surface area contributed by atoms with Gasteiger partial charge in [0.15, 0.2) is 0 Å². The number of nitrogens with one attached hydrogen (secondary N) is 1. The highest BCUT2D eigenvalue weighted by Gasteiger charge is 2.31. The van der Waals surface area contributed by atoms with Gasteiger partial charge in [-0.05, 0) is 46.9 Å². The first-order chi connectivity index (χ1) is 16.7. The molecule has 7 heteroatoms. The molecule has 4 nitrogen and oxygen atoms in total. The fraction of sp³-hybridized carbons (Fsp3) is 0.286. The Bertz CT molecular complexity index is 1120. The molecule has 1 N–H and O–H groups in total. The maximum atomic E-state index is 13.7. The van der Waals surface area contributed by atoms with Crippen molar-refractivity contribution in [2.24, 2.45) is 5.92 Å². The lowest BCUT2D eigenvalue weighted by molar-refractivity contribution is -0.140. The monoisotopic (exact) mass is 514 g/mol. The van der Waals surface area contributed by atoms with Gasteiger partial charge in [0, 0.05) is 29.6 Å². The van der Waals surface area contributed by atoms with Crippen LogP contribution >= 0.6 is 23.2 Å². The Labute approximate surface area is 216 Å². The van der Waals surface area contributed by atoms with Crippen molar-refractivity contribution in [2.75, 3.05) is 6.54 Å². The molecule has 0 aliphatic rings. The average molecular weight is 515 g/mol. The number of hydrogen-bond acceptors (Lipinski definition) is 2. The van der Waals surface area contributed by atoms with Gasteiger partial charge in [-0.3, -0.25) is 9.59 Å². The van der Waals surface area contributed by atoms with Crippen LogP contribution in [0.5, 0.6) is 0 Å². The number of carbonyl (C=O) groups excluding carboxylic acids is 2. The van der Waals surface area contributed by atoms with Gasteiger partial charge < -0.3 is 10.2 Å². The van der Waals surface area contributed by atoms with E-state index in [4.69, 9.17) is 23.2 Å². The highest BCUT2D eigenvalue weighted by Crippen LogP contribution is 2.26. The molecule has 2 amide bonds. The van der Waals surface area contributed by atoms with Crippen LogP contribution in [0, 0.1) is 11.7 Å². The molecule has 0 spiro atoms. The zero-order valence-electron chi connectivity index (χ0n) is 19.8. The third-order valence-corrected chi connectivity index (χ3v) is 6.32. The summed E-state index contributed by atoms with van der Waals surface area (Å²) in [6.07, 6.45) is 0.260. The van der Waals surface area contributed by atoms with Crippen LogP contribution in [0.3, 0.4) is 0 Å². The van der Waals surface area contributed by atoms with Crippen LogP contribution in [-0.4, -0.2) is 29.3 Å². The number of benzene rings is 3. The summed E-state index contributed by atoms with van der Waals surface area (Å²) in [4.78, 5) is 28.7. The summed E-state index contributed by atoms with van der Waals surface area (Å²) in [5, 5.41) is 3.75. The van der Waals surface area contributed by atoms with Gasteiger partial charge in [0.05, 0.1) is 6.42 Å². The Balaban J connectivity index is 1.98. The lowest BCUT2D eigenvalue weighted by Crippen LogP contribution is -2.51. The van der Waals surface area contributed by atoms with Crippen molar-refractivity contribution in [1.29, 1.82) is 0 Å². The summed E-state index contributed by atoms with van der Waals surface area (Å²) in [7, 11) is 0. The van der Waals surface area contributed by atoms with Gasteiger partial charge in [-0.2, -0.15) is 0 Å². The minimum atomic E-state index is -0.782. The van der Waals surface area contributed by atoms with Gasteiger partial charge in [0.25, 0.3) is 0 Å². The van der Waals surface area contributed by atoms with E-state index in [0.717, 1.165) is 5.56 Å². The van der Waals surface area contributed by atoms with Gasteiger partial charge in [-0.15, -0.1) is 0 Å². The molecule has 3 aromatic carbocycles. The molecule has 3 rings (SSSR count). The van der Waals surface area contributed by atoms with Crippen molar-refractivity contribution < 1.29 is 14.0 Å². The van der Waals surface area contributed by atoms with Gasteiger partial charge in [-0.25, -0.2) is 4.39 Å². The van der Waals surface area contributed by atoms with E-state index in [2.05, 4.69) is 5.32 Å². The molecule has 0 aromatic heterocycles. The van der Waals surface area contributed by atoms with Gasteiger partial charge >= 0.3 is 0 Å². The van der Waals surface area contributed by atoms with E-state index in [0.29, 0.717) is 34.1 Å². The number of halogens is 3. The zero-order chi connectivity index (χ0) is 25.4. The molecule has 0 radical (unpaired) electrons. The van der Waals surface area contributed by atoms with E-state index in [9.17, 15) is 14.0 Å². The minimum Gasteiger partial charge on any atom is -0.354 e. The molecule has 3 aromatic rings. The molecule has 0 aliphatic heterocycles. The third kappa shape index (κ3) is 7.81. The molecule has 0 aliphatic carbocycles. The van der Waals surface area contributed by atoms with Crippen LogP contribution < -0.4 is 5.32 Å². The van der Waals surface area contributed by atoms with Gasteiger partial charge in [0.2, 0.25) is 11.8 Å². The first-order valence-electron chi connectivity index (χ1n) is 11.5. The summed E-state index contributed by atoms with van der Waals surface area (Å²) >= 11 is 12.7. The number of carbonyl (C=O) groups is 2. The Morgan fingerprint density at radius 3 is 2.11 bits per heavy atom. The normalized spacial score (nSPS) is 11.8. The van der Waals surface area contributed by atoms with Crippen molar-refractivity contribution >= 4 is 35.0 Å². The predicted molar refractivity (Wildman–Crippen MR) is 139 cm³/mol. The maximum Gasteiger partial charge on any atom is 0.243 e. The largest absolute Gasteiger partial charge is 0.354 e. The zero-order valence-corrected chi connectivity index (χ0v) is 21.3. The predicted octanol–water partition coefficient (Wildman–Crippen LogP) is 6.09. The molecule has 0 fully saturated rings. The second-order valence-electron chi connectivity index (χ2n) is 8.87. The van der Waals surface area contributed by atoms with E-state index in [1.54, 1.807) is 30.3 Å². The molecule has 0 saturated heterocycles. The first kappa shape index (κ1) is 26.7. The Hall–Kier alpha value is -2.89. The molecule has 184 valence electrons. The van der Waals surface area contributed by atoms with E-state index < -0.39 is 6.04 Å².